The van der Waals surface area contributed by atoms with Gasteiger partial charge >= 0.3 is 5.69 Å². The highest BCUT2D eigenvalue weighted by Gasteiger charge is 2.28. The average Bonchev–Trinajstić information content (AvgIpc) is 2.94. The molecule has 150 valence electrons. The number of anilines is 1. The number of aromatic nitrogens is 2. The van der Waals surface area contributed by atoms with E-state index in [9.17, 15) is 14.4 Å². The van der Waals surface area contributed by atoms with Crippen molar-refractivity contribution in [2.75, 3.05) is 18.0 Å². The Morgan fingerprint density at radius 3 is 2.30 bits per heavy atom. The number of rotatable bonds is 4. The van der Waals surface area contributed by atoms with E-state index in [2.05, 4.69) is 10.2 Å². The molecule has 7 heteroatoms. The summed E-state index contributed by atoms with van der Waals surface area (Å²) in [5.74, 6) is 0.879. The van der Waals surface area contributed by atoms with E-state index in [0.29, 0.717) is 31.5 Å². The predicted molar refractivity (Wildman–Crippen MR) is 106 cm³/mol. The van der Waals surface area contributed by atoms with Crippen LogP contribution in [0.15, 0.2) is 15.7 Å². The monoisotopic (exact) mass is 376 g/mol. The minimum atomic E-state index is -0.284. The van der Waals surface area contributed by atoms with Crippen LogP contribution in [0.2, 0.25) is 0 Å². The second kappa shape index (κ2) is 8.76. The molecule has 1 saturated carbocycles. The average molecular weight is 377 g/mol. The van der Waals surface area contributed by atoms with Crippen molar-refractivity contribution in [1.82, 2.24) is 14.5 Å². The number of hydrogen-bond acceptors (Lipinski definition) is 4. The van der Waals surface area contributed by atoms with Crippen LogP contribution in [0, 0.1) is 5.92 Å². The third-order valence-corrected chi connectivity index (χ3v) is 6.09. The van der Waals surface area contributed by atoms with E-state index >= 15 is 0 Å². The summed E-state index contributed by atoms with van der Waals surface area (Å²) in [4.78, 5) is 39.1. The molecule has 1 saturated heterocycles. The molecule has 1 N–H and O–H groups in total. The second-order valence-electron chi connectivity index (χ2n) is 7.89. The van der Waals surface area contributed by atoms with Crippen LogP contribution in [-0.4, -0.2) is 34.2 Å². The summed E-state index contributed by atoms with van der Waals surface area (Å²) in [5.41, 5.74) is -0.568. The first-order valence-corrected chi connectivity index (χ1v) is 10.4. The van der Waals surface area contributed by atoms with Gasteiger partial charge in [-0.25, -0.2) is 4.79 Å². The number of nitrogens with zero attached hydrogens (tertiary/aromatic N) is 3. The van der Waals surface area contributed by atoms with Crippen LogP contribution < -0.4 is 21.5 Å². The number of hydrogen-bond donors (Lipinski definition) is 1. The summed E-state index contributed by atoms with van der Waals surface area (Å²) in [5, 5.41) is 3.27. The number of carbonyl (C=O) groups is 1. The van der Waals surface area contributed by atoms with Gasteiger partial charge in [-0.2, -0.15) is 0 Å². The minimum absolute atomic E-state index is 0.0258. The molecule has 0 unspecified atom stereocenters. The Balaban J connectivity index is 1.63. The van der Waals surface area contributed by atoms with Gasteiger partial charge in [0.2, 0.25) is 5.91 Å². The maximum Gasteiger partial charge on any atom is 0.332 e. The van der Waals surface area contributed by atoms with Crippen molar-refractivity contribution in [3.05, 3.63) is 26.9 Å². The van der Waals surface area contributed by atoms with Gasteiger partial charge in [-0.1, -0.05) is 25.7 Å². The quantitative estimate of drug-likeness (QED) is 0.810. The van der Waals surface area contributed by atoms with Crippen LogP contribution in [0.5, 0.6) is 0 Å². The fraction of sp³-hybridized carbons (Fsp3) is 0.750. The van der Waals surface area contributed by atoms with Gasteiger partial charge < -0.3 is 10.2 Å². The number of amides is 1. The van der Waals surface area contributed by atoms with Crippen LogP contribution >= 0.6 is 0 Å². The molecule has 1 aliphatic heterocycles. The molecule has 0 spiro atoms. The van der Waals surface area contributed by atoms with Crippen molar-refractivity contribution in [2.24, 2.45) is 13.0 Å². The van der Waals surface area contributed by atoms with E-state index in [1.807, 2.05) is 6.92 Å². The summed E-state index contributed by atoms with van der Waals surface area (Å²) in [7, 11) is 1.50. The Bertz CT molecular complexity index is 766. The molecule has 2 heterocycles. The first kappa shape index (κ1) is 19.7. The van der Waals surface area contributed by atoms with Crippen LogP contribution in [0.25, 0.3) is 0 Å². The van der Waals surface area contributed by atoms with E-state index < -0.39 is 0 Å². The number of nitrogens with one attached hydrogen (secondary N) is 1. The normalized spacial score (nSPS) is 19.7. The lowest BCUT2D eigenvalue weighted by atomic mass is 9.95. The van der Waals surface area contributed by atoms with E-state index in [1.54, 1.807) is 4.57 Å². The molecule has 0 bridgehead atoms. The van der Waals surface area contributed by atoms with Crippen LogP contribution in [0.1, 0.15) is 58.3 Å². The molecule has 0 atom stereocenters. The summed E-state index contributed by atoms with van der Waals surface area (Å²) in [6, 6.07) is 1.87. The Morgan fingerprint density at radius 2 is 1.70 bits per heavy atom. The van der Waals surface area contributed by atoms with Gasteiger partial charge in [0.1, 0.15) is 5.82 Å². The van der Waals surface area contributed by atoms with E-state index in [0.717, 1.165) is 30.3 Å². The molecule has 7 nitrogen and oxygen atoms in total. The maximum atomic E-state index is 12.7. The second-order valence-corrected chi connectivity index (χ2v) is 7.89. The highest BCUT2D eigenvalue weighted by Crippen LogP contribution is 2.23. The number of piperidine rings is 1. The molecule has 2 aliphatic rings. The Labute approximate surface area is 160 Å². The summed E-state index contributed by atoms with van der Waals surface area (Å²) < 4.78 is 2.77. The molecular weight excluding hydrogens is 344 g/mol. The molecule has 1 aliphatic carbocycles. The van der Waals surface area contributed by atoms with Crippen LogP contribution in [-0.2, 0) is 18.4 Å². The van der Waals surface area contributed by atoms with Gasteiger partial charge in [0.25, 0.3) is 5.56 Å². The lowest BCUT2D eigenvalue weighted by Gasteiger charge is -2.34. The summed E-state index contributed by atoms with van der Waals surface area (Å²) in [6.07, 6.45) is 8.68. The van der Waals surface area contributed by atoms with Gasteiger partial charge in [0.15, 0.2) is 0 Å². The Hall–Kier alpha value is -2.05. The molecular formula is C20H32N4O3. The van der Waals surface area contributed by atoms with E-state index in [4.69, 9.17) is 0 Å². The highest BCUT2D eigenvalue weighted by atomic mass is 16.2. The fourth-order valence-corrected chi connectivity index (χ4v) is 4.33. The van der Waals surface area contributed by atoms with Gasteiger partial charge in [0.05, 0.1) is 0 Å². The van der Waals surface area contributed by atoms with Crippen molar-refractivity contribution in [1.29, 1.82) is 0 Å². The van der Waals surface area contributed by atoms with Gasteiger partial charge in [-0.3, -0.25) is 18.7 Å². The Kier molecular flexibility index (Phi) is 6.39. The summed E-state index contributed by atoms with van der Waals surface area (Å²) in [6.45, 7) is 3.80. The molecule has 27 heavy (non-hydrogen) atoms. The third kappa shape index (κ3) is 4.45. The smallest absolute Gasteiger partial charge is 0.332 e. The van der Waals surface area contributed by atoms with Crippen LogP contribution in [0.3, 0.4) is 0 Å². The van der Waals surface area contributed by atoms with Gasteiger partial charge in [0, 0.05) is 44.7 Å². The first-order chi connectivity index (χ1) is 13.0. The molecule has 1 amide bonds. The lowest BCUT2D eigenvalue weighted by molar-refractivity contribution is -0.126. The van der Waals surface area contributed by atoms with Gasteiger partial charge in [-0.05, 0) is 32.6 Å². The van der Waals surface area contributed by atoms with Gasteiger partial charge in [-0.15, -0.1) is 0 Å². The highest BCUT2D eigenvalue weighted by molar-refractivity contribution is 5.79. The molecule has 1 aromatic heterocycles. The van der Waals surface area contributed by atoms with Crippen molar-refractivity contribution in [2.45, 2.75) is 70.9 Å². The predicted octanol–water partition coefficient (Wildman–Crippen LogP) is 1.62. The lowest BCUT2D eigenvalue weighted by Crippen LogP contribution is -2.46. The van der Waals surface area contributed by atoms with Crippen molar-refractivity contribution >= 4 is 11.7 Å². The molecule has 2 fully saturated rings. The van der Waals surface area contributed by atoms with Crippen molar-refractivity contribution in [3.63, 3.8) is 0 Å². The largest absolute Gasteiger partial charge is 0.358 e. The van der Waals surface area contributed by atoms with Crippen molar-refractivity contribution in [3.8, 4) is 0 Å². The van der Waals surface area contributed by atoms with E-state index in [-0.39, 0.29) is 23.1 Å². The standard InChI is InChI=1S/C20H32N4O3/c1-3-24-17(14-18(25)22(2)20(24)27)23-12-10-15(11-13-23)19(26)21-16-8-6-4-5-7-9-16/h14-16H,3-13H2,1-2H3,(H,21,26). The van der Waals surface area contributed by atoms with E-state index in [1.165, 1.54) is 38.8 Å². The zero-order valence-electron chi connectivity index (χ0n) is 16.6. The third-order valence-electron chi connectivity index (χ3n) is 6.09. The molecule has 0 radical (unpaired) electrons. The Morgan fingerprint density at radius 1 is 1.07 bits per heavy atom. The summed E-state index contributed by atoms with van der Waals surface area (Å²) >= 11 is 0. The molecule has 0 aromatic carbocycles. The first-order valence-electron chi connectivity index (χ1n) is 10.4. The van der Waals surface area contributed by atoms with Crippen LogP contribution in [0.4, 0.5) is 5.82 Å². The fourth-order valence-electron chi connectivity index (χ4n) is 4.33. The maximum absolute atomic E-state index is 12.7. The zero-order valence-corrected chi connectivity index (χ0v) is 16.6. The topological polar surface area (TPSA) is 76.3 Å². The molecule has 1 aromatic rings. The minimum Gasteiger partial charge on any atom is -0.358 e. The number of carbonyl (C=O) groups excluding carboxylic acids is 1. The zero-order chi connectivity index (χ0) is 19.4. The van der Waals surface area contributed by atoms with Crippen molar-refractivity contribution < 1.29 is 4.79 Å². The molecule has 3 rings (SSSR count). The SMILES string of the molecule is CCn1c(N2CCC(C(=O)NC3CCCCCC3)CC2)cc(=O)n(C)c1=O.